The van der Waals surface area contributed by atoms with Crippen LogP contribution in [-0.4, -0.2) is 26.8 Å². The summed E-state index contributed by atoms with van der Waals surface area (Å²) in [7, 11) is 0. The summed E-state index contributed by atoms with van der Waals surface area (Å²) in [6, 6.07) is 15.3. The lowest BCUT2D eigenvalue weighted by molar-refractivity contribution is -0.115. The van der Waals surface area contributed by atoms with Gasteiger partial charge in [-0.05, 0) is 42.3 Å². The van der Waals surface area contributed by atoms with E-state index in [1.165, 1.54) is 11.8 Å². The SMILES string of the molecule is C[C@H]1Sc2ccc(C(=O)NCc3ccccc3Cn3cccn3)cc2NC1=O. The molecule has 1 aliphatic rings. The predicted molar refractivity (Wildman–Crippen MR) is 109 cm³/mol. The van der Waals surface area contributed by atoms with Crippen LogP contribution in [0.25, 0.3) is 0 Å². The van der Waals surface area contributed by atoms with E-state index in [0.717, 1.165) is 16.0 Å². The van der Waals surface area contributed by atoms with Crippen molar-refractivity contribution in [3.8, 4) is 0 Å². The van der Waals surface area contributed by atoms with E-state index in [0.29, 0.717) is 24.3 Å². The first-order valence-corrected chi connectivity index (χ1v) is 9.92. The van der Waals surface area contributed by atoms with Crippen molar-refractivity contribution in [2.75, 3.05) is 5.32 Å². The summed E-state index contributed by atoms with van der Waals surface area (Å²) in [6.07, 6.45) is 3.66. The van der Waals surface area contributed by atoms with E-state index in [-0.39, 0.29) is 17.1 Å². The van der Waals surface area contributed by atoms with E-state index < -0.39 is 0 Å². The fraction of sp³-hybridized carbons (Fsp3) is 0.190. The number of nitrogens with one attached hydrogen (secondary N) is 2. The number of aromatic nitrogens is 2. The van der Waals surface area contributed by atoms with Gasteiger partial charge >= 0.3 is 0 Å². The van der Waals surface area contributed by atoms with Crippen LogP contribution < -0.4 is 10.6 Å². The smallest absolute Gasteiger partial charge is 0.251 e. The molecule has 2 aromatic carbocycles. The Kier molecular flexibility index (Phi) is 5.16. The van der Waals surface area contributed by atoms with Crippen molar-refractivity contribution in [3.05, 3.63) is 77.6 Å². The predicted octanol–water partition coefficient (Wildman–Crippen LogP) is 3.29. The van der Waals surface area contributed by atoms with Gasteiger partial charge in [-0.15, -0.1) is 11.8 Å². The molecular formula is C21H20N4O2S. The van der Waals surface area contributed by atoms with Crippen LogP contribution in [0.3, 0.4) is 0 Å². The topological polar surface area (TPSA) is 76.0 Å². The molecule has 0 saturated heterocycles. The number of anilines is 1. The Balaban J connectivity index is 1.45. The van der Waals surface area contributed by atoms with Crippen LogP contribution in [0.15, 0.2) is 65.8 Å². The van der Waals surface area contributed by atoms with E-state index in [4.69, 9.17) is 0 Å². The van der Waals surface area contributed by atoms with Crippen LogP contribution in [-0.2, 0) is 17.9 Å². The fourth-order valence-corrected chi connectivity index (χ4v) is 4.01. The molecule has 0 aliphatic carbocycles. The van der Waals surface area contributed by atoms with Crippen LogP contribution in [0.1, 0.15) is 28.4 Å². The molecule has 2 heterocycles. The second-order valence-corrected chi connectivity index (χ2v) is 8.00. The van der Waals surface area contributed by atoms with Crippen molar-refractivity contribution in [2.45, 2.75) is 30.2 Å². The average molecular weight is 392 g/mol. The molecule has 0 spiro atoms. The van der Waals surface area contributed by atoms with Gasteiger partial charge in [0.15, 0.2) is 0 Å². The maximum atomic E-state index is 12.6. The zero-order valence-electron chi connectivity index (χ0n) is 15.4. The highest BCUT2D eigenvalue weighted by Gasteiger charge is 2.23. The summed E-state index contributed by atoms with van der Waals surface area (Å²) in [4.78, 5) is 25.5. The Morgan fingerprint density at radius 3 is 2.82 bits per heavy atom. The van der Waals surface area contributed by atoms with Crippen molar-refractivity contribution in [1.82, 2.24) is 15.1 Å². The Labute approximate surface area is 167 Å². The lowest BCUT2D eigenvalue weighted by Crippen LogP contribution is -2.27. The summed E-state index contributed by atoms with van der Waals surface area (Å²) in [6.45, 7) is 2.94. The standard InChI is InChI=1S/C21H20N4O2S/c1-14-20(26)24-18-11-15(7-8-19(18)28-14)21(27)22-12-16-5-2-3-6-17(16)13-25-10-4-9-23-25/h2-11,14H,12-13H2,1H3,(H,22,27)(H,24,26)/t14-/m1/s1. The maximum absolute atomic E-state index is 12.6. The third-order valence-electron chi connectivity index (χ3n) is 4.62. The molecule has 6 nitrogen and oxygen atoms in total. The van der Waals surface area contributed by atoms with Crippen molar-refractivity contribution >= 4 is 29.3 Å². The first-order chi connectivity index (χ1) is 13.6. The zero-order valence-corrected chi connectivity index (χ0v) is 16.2. The van der Waals surface area contributed by atoms with Crippen molar-refractivity contribution in [3.63, 3.8) is 0 Å². The van der Waals surface area contributed by atoms with E-state index in [2.05, 4.69) is 15.7 Å². The highest BCUT2D eigenvalue weighted by atomic mass is 32.2. The molecule has 2 N–H and O–H groups in total. The van der Waals surface area contributed by atoms with Crippen LogP contribution in [0.4, 0.5) is 5.69 Å². The van der Waals surface area contributed by atoms with Crippen LogP contribution in [0, 0.1) is 0 Å². The minimum atomic E-state index is -0.172. The Morgan fingerprint density at radius 2 is 2.04 bits per heavy atom. The van der Waals surface area contributed by atoms with Gasteiger partial charge in [0.1, 0.15) is 0 Å². The molecule has 142 valence electrons. The van der Waals surface area contributed by atoms with Crippen molar-refractivity contribution in [2.24, 2.45) is 0 Å². The van der Waals surface area contributed by atoms with Gasteiger partial charge < -0.3 is 10.6 Å². The number of fused-ring (bicyclic) bond motifs is 1. The molecule has 1 atom stereocenters. The molecular weight excluding hydrogens is 372 g/mol. The Morgan fingerprint density at radius 1 is 1.21 bits per heavy atom. The molecule has 0 radical (unpaired) electrons. The van der Waals surface area contributed by atoms with E-state index >= 15 is 0 Å². The molecule has 7 heteroatoms. The molecule has 4 rings (SSSR count). The van der Waals surface area contributed by atoms with E-state index in [9.17, 15) is 9.59 Å². The van der Waals surface area contributed by atoms with E-state index in [1.54, 1.807) is 18.3 Å². The summed E-state index contributed by atoms with van der Waals surface area (Å²) < 4.78 is 1.85. The first kappa shape index (κ1) is 18.3. The maximum Gasteiger partial charge on any atom is 0.251 e. The van der Waals surface area contributed by atoms with Crippen LogP contribution in [0.5, 0.6) is 0 Å². The summed E-state index contributed by atoms with van der Waals surface area (Å²) >= 11 is 1.50. The normalized spacial score (nSPS) is 15.6. The molecule has 28 heavy (non-hydrogen) atoms. The second kappa shape index (κ2) is 7.90. The summed E-state index contributed by atoms with van der Waals surface area (Å²) in [5, 5.41) is 9.95. The lowest BCUT2D eigenvalue weighted by Gasteiger charge is -2.21. The monoisotopic (exact) mass is 392 g/mol. The first-order valence-electron chi connectivity index (χ1n) is 9.04. The molecule has 0 fully saturated rings. The minimum Gasteiger partial charge on any atom is -0.348 e. The number of carbonyl (C=O) groups is 2. The van der Waals surface area contributed by atoms with Gasteiger partial charge in [-0.25, -0.2) is 0 Å². The van der Waals surface area contributed by atoms with Crippen molar-refractivity contribution < 1.29 is 9.59 Å². The number of benzene rings is 2. The molecule has 1 aromatic heterocycles. The second-order valence-electron chi connectivity index (χ2n) is 6.62. The number of hydrogen-bond acceptors (Lipinski definition) is 4. The number of hydrogen-bond donors (Lipinski definition) is 2. The highest BCUT2D eigenvalue weighted by Crippen LogP contribution is 2.35. The van der Waals surface area contributed by atoms with E-state index in [1.807, 2.05) is 54.2 Å². The average Bonchev–Trinajstić information content (AvgIpc) is 3.21. The molecule has 0 bridgehead atoms. The van der Waals surface area contributed by atoms with Gasteiger partial charge in [-0.3, -0.25) is 14.3 Å². The van der Waals surface area contributed by atoms with Gasteiger partial charge in [0.05, 0.1) is 17.5 Å². The number of carbonyl (C=O) groups excluding carboxylic acids is 2. The number of nitrogens with zero attached hydrogens (tertiary/aromatic N) is 2. The summed E-state index contributed by atoms with van der Waals surface area (Å²) in [5.41, 5.74) is 3.37. The van der Waals surface area contributed by atoms with Gasteiger partial charge in [-0.2, -0.15) is 5.10 Å². The third kappa shape index (κ3) is 3.94. The van der Waals surface area contributed by atoms with Crippen LogP contribution >= 0.6 is 11.8 Å². The Hall–Kier alpha value is -3.06. The number of thioether (sulfide) groups is 1. The Bertz CT molecular complexity index is 1020. The van der Waals surface area contributed by atoms with Gasteiger partial charge in [0.25, 0.3) is 5.91 Å². The largest absolute Gasteiger partial charge is 0.348 e. The van der Waals surface area contributed by atoms with Crippen LogP contribution in [0.2, 0.25) is 0 Å². The van der Waals surface area contributed by atoms with Gasteiger partial charge in [0, 0.05) is 29.4 Å². The molecule has 2 amide bonds. The zero-order chi connectivity index (χ0) is 19.5. The lowest BCUT2D eigenvalue weighted by atomic mass is 10.1. The summed E-state index contributed by atoms with van der Waals surface area (Å²) in [5.74, 6) is -0.211. The van der Waals surface area contributed by atoms with Crippen molar-refractivity contribution in [1.29, 1.82) is 0 Å². The molecule has 3 aromatic rings. The molecule has 0 saturated carbocycles. The molecule has 1 aliphatic heterocycles. The number of amides is 2. The highest BCUT2D eigenvalue weighted by molar-refractivity contribution is 8.00. The third-order valence-corrected chi connectivity index (χ3v) is 5.80. The van der Waals surface area contributed by atoms with Gasteiger partial charge in [0.2, 0.25) is 5.91 Å². The van der Waals surface area contributed by atoms with Gasteiger partial charge in [-0.1, -0.05) is 24.3 Å². The number of rotatable bonds is 5. The fourth-order valence-electron chi connectivity index (χ4n) is 3.08. The molecule has 0 unspecified atom stereocenters. The quantitative estimate of drug-likeness (QED) is 0.699. The minimum absolute atomic E-state index is 0.0393.